The van der Waals surface area contributed by atoms with Gasteiger partial charge in [-0.15, -0.1) is 0 Å². The van der Waals surface area contributed by atoms with Crippen LogP contribution in [0, 0.1) is 0 Å². The minimum atomic E-state index is 0.0537. The van der Waals surface area contributed by atoms with Gasteiger partial charge in [-0.1, -0.05) is 13.8 Å². The van der Waals surface area contributed by atoms with Gasteiger partial charge in [0, 0.05) is 13.7 Å². The van der Waals surface area contributed by atoms with E-state index >= 15 is 0 Å². The van der Waals surface area contributed by atoms with Crippen LogP contribution in [0.1, 0.15) is 33.1 Å². The Kier molecular flexibility index (Phi) is 6.76. The summed E-state index contributed by atoms with van der Waals surface area (Å²) in [6, 6.07) is 0. The second-order valence-corrected chi connectivity index (χ2v) is 2.78. The Morgan fingerprint density at radius 3 is 2.58 bits per heavy atom. The second-order valence-electron chi connectivity index (χ2n) is 2.78. The maximum Gasteiger partial charge on any atom is 0.222 e. The highest BCUT2D eigenvalue weighted by atomic mass is 16.5. The Morgan fingerprint density at radius 2 is 2.17 bits per heavy atom. The number of hydrogen-bond donors (Lipinski definition) is 1. The van der Waals surface area contributed by atoms with Crippen molar-refractivity contribution < 1.29 is 9.53 Å². The van der Waals surface area contributed by atoms with Crippen LogP contribution in [-0.2, 0) is 9.53 Å². The number of carbonyl (C=O) groups excluding carboxylic acids is 1. The predicted molar refractivity (Wildman–Crippen MR) is 49.0 cm³/mol. The van der Waals surface area contributed by atoms with Gasteiger partial charge < -0.3 is 10.1 Å². The van der Waals surface area contributed by atoms with Crippen molar-refractivity contribution in [2.24, 2.45) is 0 Å². The topological polar surface area (TPSA) is 38.3 Å². The minimum Gasteiger partial charge on any atom is -0.378 e. The Hall–Kier alpha value is -0.570. The zero-order valence-electron chi connectivity index (χ0n) is 8.22. The number of ether oxygens (including phenoxy) is 1. The molecule has 1 N–H and O–H groups in total. The second kappa shape index (κ2) is 7.10. The first-order chi connectivity index (χ1) is 5.74. The van der Waals surface area contributed by atoms with E-state index in [4.69, 9.17) is 4.74 Å². The summed E-state index contributed by atoms with van der Waals surface area (Å²) in [4.78, 5) is 11.0. The molecule has 0 saturated carbocycles. The largest absolute Gasteiger partial charge is 0.378 e. The first-order valence-corrected chi connectivity index (χ1v) is 4.56. The molecule has 0 aliphatic rings. The van der Waals surface area contributed by atoms with Crippen LogP contribution in [0.5, 0.6) is 0 Å². The molecular weight excluding hydrogens is 154 g/mol. The molecule has 0 bridgehead atoms. The van der Waals surface area contributed by atoms with Crippen LogP contribution in [0.4, 0.5) is 0 Å². The van der Waals surface area contributed by atoms with Gasteiger partial charge in [0.05, 0.1) is 12.5 Å². The van der Waals surface area contributed by atoms with Crippen molar-refractivity contribution in [3.63, 3.8) is 0 Å². The third-order valence-electron chi connectivity index (χ3n) is 1.70. The van der Waals surface area contributed by atoms with Gasteiger partial charge in [-0.2, -0.15) is 0 Å². The van der Waals surface area contributed by atoms with Crippen molar-refractivity contribution >= 4 is 5.91 Å². The van der Waals surface area contributed by atoms with Crippen LogP contribution in [0.25, 0.3) is 0 Å². The number of nitrogens with one attached hydrogen (secondary N) is 1. The van der Waals surface area contributed by atoms with E-state index in [0.717, 1.165) is 19.4 Å². The lowest BCUT2D eigenvalue weighted by Crippen LogP contribution is -2.25. The minimum absolute atomic E-state index is 0.0537. The van der Waals surface area contributed by atoms with E-state index < -0.39 is 0 Å². The number of carbonyl (C=O) groups is 1. The average molecular weight is 173 g/mol. The van der Waals surface area contributed by atoms with Gasteiger partial charge >= 0.3 is 0 Å². The highest BCUT2D eigenvalue weighted by molar-refractivity contribution is 5.75. The SMILES string of the molecule is CCCOC(CC)CC(=O)NC. The third kappa shape index (κ3) is 5.13. The summed E-state index contributed by atoms with van der Waals surface area (Å²) < 4.78 is 5.45. The van der Waals surface area contributed by atoms with Crippen molar-refractivity contribution in [1.82, 2.24) is 5.32 Å². The van der Waals surface area contributed by atoms with Crippen molar-refractivity contribution in [1.29, 1.82) is 0 Å². The Labute approximate surface area is 74.5 Å². The molecule has 0 heterocycles. The first-order valence-electron chi connectivity index (χ1n) is 4.56. The van der Waals surface area contributed by atoms with E-state index in [1.54, 1.807) is 7.05 Å². The molecule has 0 saturated heterocycles. The zero-order valence-corrected chi connectivity index (χ0v) is 8.22. The smallest absolute Gasteiger partial charge is 0.222 e. The molecule has 3 nitrogen and oxygen atoms in total. The molecule has 0 aliphatic carbocycles. The number of rotatable bonds is 6. The van der Waals surface area contributed by atoms with Crippen molar-refractivity contribution in [3.05, 3.63) is 0 Å². The van der Waals surface area contributed by atoms with Gasteiger partial charge in [-0.3, -0.25) is 4.79 Å². The summed E-state index contributed by atoms with van der Waals surface area (Å²) in [5, 5.41) is 2.59. The van der Waals surface area contributed by atoms with Crippen LogP contribution in [0.15, 0.2) is 0 Å². The van der Waals surface area contributed by atoms with E-state index in [9.17, 15) is 4.79 Å². The molecular formula is C9H19NO2. The normalized spacial score (nSPS) is 12.6. The van der Waals surface area contributed by atoms with Gasteiger partial charge in [-0.05, 0) is 12.8 Å². The predicted octanol–water partition coefficient (Wildman–Crippen LogP) is 1.33. The summed E-state index contributed by atoms with van der Waals surface area (Å²) >= 11 is 0. The van der Waals surface area contributed by atoms with Gasteiger partial charge in [-0.25, -0.2) is 0 Å². The molecule has 0 radical (unpaired) electrons. The fourth-order valence-electron chi connectivity index (χ4n) is 0.914. The van der Waals surface area contributed by atoms with Gasteiger partial charge in [0.25, 0.3) is 0 Å². The summed E-state index contributed by atoms with van der Waals surface area (Å²) in [6.07, 6.45) is 2.47. The molecule has 3 heteroatoms. The summed E-state index contributed by atoms with van der Waals surface area (Å²) in [7, 11) is 1.65. The fourth-order valence-corrected chi connectivity index (χ4v) is 0.914. The van der Waals surface area contributed by atoms with E-state index in [1.807, 2.05) is 6.92 Å². The molecule has 0 aromatic rings. The third-order valence-corrected chi connectivity index (χ3v) is 1.70. The van der Waals surface area contributed by atoms with Crippen molar-refractivity contribution in [2.75, 3.05) is 13.7 Å². The highest BCUT2D eigenvalue weighted by Crippen LogP contribution is 2.03. The maximum absolute atomic E-state index is 11.0. The van der Waals surface area contributed by atoms with E-state index in [1.165, 1.54) is 0 Å². The van der Waals surface area contributed by atoms with Crippen LogP contribution in [0.3, 0.4) is 0 Å². The molecule has 1 amide bonds. The molecule has 72 valence electrons. The van der Waals surface area contributed by atoms with Gasteiger partial charge in [0.15, 0.2) is 0 Å². The number of amides is 1. The Morgan fingerprint density at radius 1 is 1.50 bits per heavy atom. The Bertz CT molecular complexity index is 126. The molecule has 1 atom stereocenters. The van der Waals surface area contributed by atoms with E-state index in [-0.39, 0.29) is 12.0 Å². The lowest BCUT2D eigenvalue weighted by atomic mass is 10.2. The van der Waals surface area contributed by atoms with E-state index in [2.05, 4.69) is 12.2 Å². The van der Waals surface area contributed by atoms with Gasteiger partial charge in [0.2, 0.25) is 5.91 Å². The molecule has 1 unspecified atom stereocenters. The van der Waals surface area contributed by atoms with Crippen LogP contribution in [0.2, 0.25) is 0 Å². The van der Waals surface area contributed by atoms with Crippen LogP contribution in [-0.4, -0.2) is 25.7 Å². The lowest BCUT2D eigenvalue weighted by molar-refractivity contribution is -0.123. The summed E-state index contributed by atoms with van der Waals surface area (Å²) in [5.74, 6) is 0.0537. The molecule has 0 aromatic carbocycles. The first kappa shape index (κ1) is 11.4. The quantitative estimate of drug-likeness (QED) is 0.658. The molecule has 12 heavy (non-hydrogen) atoms. The molecule has 0 rings (SSSR count). The molecule has 0 spiro atoms. The molecule has 0 aliphatic heterocycles. The summed E-state index contributed by atoms with van der Waals surface area (Å²) in [6.45, 7) is 4.84. The molecule has 0 aromatic heterocycles. The molecule has 0 fully saturated rings. The van der Waals surface area contributed by atoms with Crippen LogP contribution < -0.4 is 5.32 Å². The standard InChI is InChI=1S/C9H19NO2/c1-4-6-12-8(5-2)7-9(11)10-3/h8H,4-7H2,1-3H3,(H,10,11). The fraction of sp³-hybridized carbons (Fsp3) is 0.889. The lowest BCUT2D eigenvalue weighted by Gasteiger charge is -2.14. The van der Waals surface area contributed by atoms with Crippen molar-refractivity contribution in [3.8, 4) is 0 Å². The van der Waals surface area contributed by atoms with E-state index in [0.29, 0.717) is 6.42 Å². The monoisotopic (exact) mass is 173 g/mol. The van der Waals surface area contributed by atoms with Crippen LogP contribution >= 0.6 is 0 Å². The Balaban J connectivity index is 3.59. The van der Waals surface area contributed by atoms with Crippen molar-refractivity contribution in [2.45, 2.75) is 39.2 Å². The maximum atomic E-state index is 11.0. The van der Waals surface area contributed by atoms with Gasteiger partial charge in [0.1, 0.15) is 0 Å². The zero-order chi connectivity index (χ0) is 9.40. The average Bonchev–Trinajstić information content (AvgIpc) is 2.11. The summed E-state index contributed by atoms with van der Waals surface area (Å²) in [5.41, 5.74) is 0. The number of hydrogen-bond acceptors (Lipinski definition) is 2. The highest BCUT2D eigenvalue weighted by Gasteiger charge is 2.10.